The number of para-hydroxylation sites is 1. The van der Waals surface area contributed by atoms with Crippen molar-refractivity contribution in [3.63, 3.8) is 0 Å². The van der Waals surface area contributed by atoms with Crippen LogP contribution in [0.25, 0.3) is 10.9 Å². The summed E-state index contributed by atoms with van der Waals surface area (Å²) < 4.78 is 7.86. The predicted molar refractivity (Wildman–Crippen MR) is 98.1 cm³/mol. The highest BCUT2D eigenvalue weighted by Gasteiger charge is 2.13. The normalized spacial score (nSPS) is 10.9. The van der Waals surface area contributed by atoms with Crippen molar-refractivity contribution in [1.82, 2.24) is 4.57 Å². The molecule has 0 saturated carbocycles. The molecule has 0 radical (unpaired) electrons. The number of halogens is 1. The maximum atomic E-state index is 12.3. The number of carbonyl (C=O) groups is 1. The van der Waals surface area contributed by atoms with E-state index in [-0.39, 0.29) is 5.78 Å². The van der Waals surface area contributed by atoms with Gasteiger partial charge in [0.25, 0.3) is 0 Å². The number of fused-ring (bicyclic) bond motifs is 1. The Balaban J connectivity index is 1.76. The van der Waals surface area contributed by atoms with E-state index in [0.29, 0.717) is 24.6 Å². The summed E-state index contributed by atoms with van der Waals surface area (Å²) in [6.07, 6.45) is 3.39. The zero-order chi connectivity index (χ0) is 16.9. The molecule has 1 aromatic heterocycles. The van der Waals surface area contributed by atoms with Crippen molar-refractivity contribution < 1.29 is 9.53 Å². The number of benzene rings is 2. The van der Waals surface area contributed by atoms with Crippen molar-refractivity contribution in [2.45, 2.75) is 26.3 Å². The van der Waals surface area contributed by atoms with E-state index in [1.54, 1.807) is 0 Å². The van der Waals surface area contributed by atoms with E-state index >= 15 is 0 Å². The first-order valence-electron chi connectivity index (χ1n) is 8.18. The van der Waals surface area contributed by atoms with Crippen LogP contribution in [-0.2, 0) is 6.54 Å². The summed E-state index contributed by atoms with van der Waals surface area (Å²) >= 11 is 5.87. The summed E-state index contributed by atoms with van der Waals surface area (Å²) in [6.45, 7) is 3.24. The first-order valence-corrected chi connectivity index (χ1v) is 8.56. The molecule has 0 unspecified atom stereocenters. The highest BCUT2D eigenvalue weighted by Crippen LogP contribution is 2.23. The molecule has 0 fully saturated rings. The first kappa shape index (κ1) is 16.6. The quantitative estimate of drug-likeness (QED) is 0.542. The number of Topliss-reactive ketones (excluding diaryl/α,β-unsaturated/α-hetero) is 1. The van der Waals surface area contributed by atoms with Gasteiger partial charge in [0, 0.05) is 34.1 Å². The Morgan fingerprint density at radius 2 is 1.88 bits per heavy atom. The Bertz CT molecular complexity index is 836. The van der Waals surface area contributed by atoms with Gasteiger partial charge in [0.1, 0.15) is 12.4 Å². The third kappa shape index (κ3) is 3.62. The molecule has 2 aromatic carbocycles. The molecule has 0 spiro atoms. The summed E-state index contributed by atoms with van der Waals surface area (Å²) in [5.74, 6) is 0.990. The SMILES string of the molecule is CCCC(=O)c1cn(CCOc2ccc(Cl)cc2)c2ccccc12. The molecule has 3 aromatic rings. The molecule has 0 bridgehead atoms. The van der Waals surface area contributed by atoms with Crippen LogP contribution in [0.5, 0.6) is 5.75 Å². The van der Waals surface area contributed by atoms with Crippen molar-refractivity contribution >= 4 is 28.3 Å². The van der Waals surface area contributed by atoms with Gasteiger partial charge in [-0.3, -0.25) is 4.79 Å². The minimum Gasteiger partial charge on any atom is -0.492 e. The molecule has 4 heteroatoms. The van der Waals surface area contributed by atoms with Crippen LogP contribution in [0.15, 0.2) is 54.7 Å². The number of hydrogen-bond donors (Lipinski definition) is 0. The number of aromatic nitrogens is 1. The van der Waals surface area contributed by atoms with Crippen LogP contribution in [-0.4, -0.2) is 17.0 Å². The third-order valence-corrected chi connectivity index (χ3v) is 4.23. The second-order valence-electron chi connectivity index (χ2n) is 5.73. The molecule has 3 rings (SSSR count). The minimum absolute atomic E-state index is 0.200. The van der Waals surface area contributed by atoms with Crippen LogP contribution < -0.4 is 4.74 Å². The Morgan fingerprint density at radius 3 is 2.62 bits per heavy atom. The maximum absolute atomic E-state index is 12.3. The second-order valence-corrected chi connectivity index (χ2v) is 6.17. The third-order valence-electron chi connectivity index (χ3n) is 3.98. The Hall–Kier alpha value is -2.26. The Kier molecular flexibility index (Phi) is 5.21. The Morgan fingerprint density at radius 1 is 1.12 bits per heavy atom. The van der Waals surface area contributed by atoms with Crippen LogP contribution in [0.1, 0.15) is 30.1 Å². The predicted octanol–water partition coefficient (Wildman–Crippen LogP) is 5.36. The van der Waals surface area contributed by atoms with Crippen LogP contribution in [0, 0.1) is 0 Å². The highest BCUT2D eigenvalue weighted by molar-refractivity contribution is 6.30. The maximum Gasteiger partial charge on any atom is 0.165 e. The molecule has 0 atom stereocenters. The van der Waals surface area contributed by atoms with Gasteiger partial charge < -0.3 is 9.30 Å². The van der Waals surface area contributed by atoms with Crippen molar-refractivity contribution in [2.75, 3.05) is 6.61 Å². The molecular weight excluding hydrogens is 322 g/mol. The standard InChI is InChI=1S/C20H20ClNO2/c1-2-5-20(23)18-14-22(19-7-4-3-6-17(18)19)12-13-24-16-10-8-15(21)9-11-16/h3-4,6-11,14H,2,5,12-13H2,1H3. The van der Waals surface area contributed by atoms with Gasteiger partial charge in [-0.05, 0) is 36.8 Å². The molecule has 24 heavy (non-hydrogen) atoms. The molecule has 0 aliphatic rings. The van der Waals surface area contributed by atoms with E-state index in [0.717, 1.165) is 28.6 Å². The topological polar surface area (TPSA) is 31.2 Å². The number of rotatable bonds is 7. The van der Waals surface area contributed by atoms with Crippen molar-refractivity contribution in [1.29, 1.82) is 0 Å². The summed E-state index contributed by atoms with van der Waals surface area (Å²) in [5, 5.41) is 1.71. The van der Waals surface area contributed by atoms with Gasteiger partial charge in [-0.15, -0.1) is 0 Å². The van der Waals surface area contributed by atoms with Crippen LogP contribution in [0.2, 0.25) is 5.02 Å². The smallest absolute Gasteiger partial charge is 0.165 e. The van der Waals surface area contributed by atoms with Crippen LogP contribution in [0.3, 0.4) is 0 Å². The van der Waals surface area contributed by atoms with Crippen LogP contribution in [0.4, 0.5) is 0 Å². The van der Waals surface area contributed by atoms with Gasteiger partial charge >= 0.3 is 0 Å². The van der Waals surface area contributed by atoms with Gasteiger partial charge in [0.05, 0.1) is 6.54 Å². The monoisotopic (exact) mass is 341 g/mol. The highest BCUT2D eigenvalue weighted by atomic mass is 35.5. The number of ether oxygens (including phenoxy) is 1. The van der Waals surface area contributed by atoms with Crippen molar-refractivity contribution in [3.05, 3.63) is 65.3 Å². The summed E-state index contributed by atoms with van der Waals surface area (Å²) in [4.78, 5) is 12.3. The van der Waals surface area contributed by atoms with Gasteiger partial charge in [-0.25, -0.2) is 0 Å². The first-order chi connectivity index (χ1) is 11.7. The molecule has 0 aliphatic carbocycles. The zero-order valence-electron chi connectivity index (χ0n) is 13.7. The van der Waals surface area contributed by atoms with E-state index in [1.165, 1.54) is 0 Å². The van der Waals surface area contributed by atoms with E-state index < -0.39 is 0 Å². The lowest BCUT2D eigenvalue weighted by Gasteiger charge is -2.08. The molecule has 0 N–H and O–H groups in total. The number of carbonyl (C=O) groups excluding carboxylic acids is 1. The molecule has 3 nitrogen and oxygen atoms in total. The molecule has 0 aliphatic heterocycles. The zero-order valence-corrected chi connectivity index (χ0v) is 14.4. The lowest BCUT2D eigenvalue weighted by atomic mass is 10.1. The fourth-order valence-corrected chi connectivity index (χ4v) is 2.93. The lowest BCUT2D eigenvalue weighted by Crippen LogP contribution is -2.07. The average molecular weight is 342 g/mol. The van der Waals surface area contributed by atoms with Gasteiger partial charge in [-0.2, -0.15) is 0 Å². The number of nitrogens with zero attached hydrogens (tertiary/aromatic N) is 1. The van der Waals surface area contributed by atoms with Crippen LogP contribution >= 0.6 is 11.6 Å². The van der Waals surface area contributed by atoms with E-state index in [2.05, 4.69) is 4.57 Å². The number of hydrogen-bond acceptors (Lipinski definition) is 2. The van der Waals surface area contributed by atoms with Gasteiger partial charge in [0.2, 0.25) is 0 Å². The van der Waals surface area contributed by atoms with E-state index in [1.807, 2.05) is 61.7 Å². The molecule has 0 amide bonds. The minimum atomic E-state index is 0.200. The second kappa shape index (κ2) is 7.54. The largest absolute Gasteiger partial charge is 0.492 e. The fraction of sp³-hybridized carbons (Fsp3) is 0.250. The van der Waals surface area contributed by atoms with E-state index in [4.69, 9.17) is 16.3 Å². The molecule has 0 saturated heterocycles. The average Bonchev–Trinajstić information content (AvgIpc) is 2.96. The summed E-state index contributed by atoms with van der Waals surface area (Å²) in [6, 6.07) is 15.3. The van der Waals surface area contributed by atoms with Gasteiger partial charge in [0.15, 0.2) is 5.78 Å². The van der Waals surface area contributed by atoms with Gasteiger partial charge in [-0.1, -0.05) is 36.7 Å². The summed E-state index contributed by atoms with van der Waals surface area (Å²) in [7, 11) is 0. The molecule has 124 valence electrons. The Labute approximate surface area is 146 Å². The fourth-order valence-electron chi connectivity index (χ4n) is 2.81. The van der Waals surface area contributed by atoms with Crippen molar-refractivity contribution in [3.8, 4) is 5.75 Å². The van der Waals surface area contributed by atoms with E-state index in [9.17, 15) is 4.79 Å². The molecular formula is C20H20ClNO2. The molecule has 1 heterocycles. The number of ketones is 1. The summed E-state index contributed by atoms with van der Waals surface area (Å²) in [5.41, 5.74) is 1.87. The van der Waals surface area contributed by atoms with Crippen molar-refractivity contribution in [2.24, 2.45) is 0 Å². The lowest BCUT2D eigenvalue weighted by molar-refractivity contribution is 0.0983.